The van der Waals surface area contributed by atoms with E-state index in [1.54, 1.807) is 10.9 Å². The molecule has 1 atom stereocenters. The second kappa shape index (κ2) is 6.52. The molecule has 0 saturated carbocycles. The van der Waals surface area contributed by atoms with E-state index in [1.807, 2.05) is 43.5 Å². The maximum Gasteiger partial charge on any atom is 0.222 e. The normalized spacial score (nSPS) is 12.1. The average molecular weight is 322 g/mol. The first-order valence-electron chi connectivity index (χ1n) is 6.17. The third-order valence-corrected chi connectivity index (χ3v) is 3.26. The summed E-state index contributed by atoms with van der Waals surface area (Å²) in [4.78, 5) is 11.8. The molecule has 4 nitrogen and oxygen atoms in total. The van der Waals surface area contributed by atoms with E-state index in [2.05, 4.69) is 26.3 Å². The Labute approximate surface area is 120 Å². The summed E-state index contributed by atoms with van der Waals surface area (Å²) < 4.78 is 2.67. The highest BCUT2D eigenvalue weighted by Crippen LogP contribution is 2.11. The molecule has 1 aromatic carbocycles. The fourth-order valence-electron chi connectivity index (χ4n) is 1.82. The van der Waals surface area contributed by atoms with Crippen LogP contribution in [0.2, 0.25) is 0 Å². The van der Waals surface area contributed by atoms with Gasteiger partial charge < -0.3 is 5.32 Å². The number of aromatic nitrogens is 2. The van der Waals surface area contributed by atoms with Crippen LogP contribution in [0.4, 0.5) is 0 Å². The molecule has 0 aliphatic carbocycles. The fourth-order valence-corrected chi connectivity index (χ4v) is 2.14. The number of carbonyl (C=O) groups excluding carboxylic acids is 1. The van der Waals surface area contributed by atoms with Gasteiger partial charge in [0.05, 0.1) is 16.7 Å². The lowest BCUT2D eigenvalue weighted by Gasteiger charge is -2.14. The highest BCUT2D eigenvalue weighted by molar-refractivity contribution is 9.10. The molecule has 0 radical (unpaired) electrons. The first-order chi connectivity index (χ1) is 9.15. The summed E-state index contributed by atoms with van der Waals surface area (Å²) in [6.45, 7) is 2.57. The zero-order valence-corrected chi connectivity index (χ0v) is 12.3. The Balaban J connectivity index is 1.81. The Morgan fingerprint density at radius 2 is 2.16 bits per heavy atom. The van der Waals surface area contributed by atoms with Gasteiger partial charge in [0.25, 0.3) is 0 Å². The van der Waals surface area contributed by atoms with Crippen molar-refractivity contribution in [3.05, 3.63) is 52.8 Å². The number of halogens is 1. The van der Waals surface area contributed by atoms with Crippen molar-refractivity contribution in [3.63, 3.8) is 0 Å². The van der Waals surface area contributed by atoms with E-state index in [0.717, 1.165) is 10.0 Å². The van der Waals surface area contributed by atoms with Crippen molar-refractivity contribution in [2.75, 3.05) is 0 Å². The van der Waals surface area contributed by atoms with Gasteiger partial charge in [0.15, 0.2) is 0 Å². The molecule has 0 aliphatic rings. The number of hydrogen-bond donors (Lipinski definition) is 1. The molecule has 1 heterocycles. The lowest BCUT2D eigenvalue weighted by Crippen LogP contribution is -2.27. The van der Waals surface area contributed by atoms with E-state index in [9.17, 15) is 4.79 Å². The van der Waals surface area contributed by atoms with Crippen LogP contribution in [0.3, 0.4) is 0 Å². The maximum absolute atomic E-state index is 11.8. The number of amides is 1. The topological polar surface area (TPSA) is 46.9 Å². The lowest BCUT2D eigenvalue weighted by atomic mass is 10.1. The van der Waals surface area contributed by atoms with Gasteiger partial charge >= 0.3 is 0 Å². The molecule has 1 aromatic heterocycles. The molecule has 0 fully saturated rings. The van der Waals surface area contributed by atoms with Gasteiger partial charge in [-0.05, 0) is 28.4 Å². The standard InChI is InChI=1S/C14H16BrN3O/c1-11(12-5-3-2-4-6-12)17-14(19)7-8-18-10-13(15)9-16-18/h2-6,9-11H,7-8H2,1H3,(H,17,19)/t11-/m0/s1. The molecule has 0 spiro atoms. The SMILES string of the molecule is C[C@H](NC(=O)CCn1cc(Br)cn1)c1ccccc1. The Hall–Kier alpha value is -1.62. The first-order valence-corrected chi connectivity index (χ1v) is 6.97. The van der Waals surface area contributed by atoms with Gasteiger partial charge in [-0.15, -0.1) is 0 Å². The number of hydrogen-bond acceptors (Lipinski definition) is 2. The van der Waals surface area contributed by atoms with Crippen LogP contribution in [0.5, 0.6) is 0 Å². The number of benzene rings is 1. The fraction of sp³-hybridized carbons (Fsp3) is 0.286. The Morgan fingerprint density at radius 3 is 2.79 bits per heavy atom. The predicted octanol–water partition coefficient (Wildman–Crippen LogP) is 2.91. The minimum atomic E-state index is 0.0260. The van der Waals surface area contributed by atoms with Crippen LogP contribution in [-0.4, -0.2) is 15.7 Å². The molecule has 2 aromatic rings. The summed E-state index contributed by atoms with van der Waals surface area (Å²) in [7, 11) is 0. The average Bonchev–Trinajstić information content (AvgIpc) is 2.83. The largest absolute Gasteiger partial charge is 0.350 e. The van der Waals surface area contributed by atoms with Crippen LogP contribution in [-0.2, 0) is 11.3 Å². The highest BCUT2D eigenvalue weighted by atomic mass is 79.9. The number of carbonyl (C=O) groups is 1. The number of rotatable bonds is 5. The van der Waals surface area contributed by atoms with Crippen LogP contribution in [0.1, 0.15) is 24.9 Å². The Kier molecular flexibility index (Phi) is 4.74. The van der Waals surface area contributed by atoms with Crippen molar-refractivity contribution in [2.24, 2.45) is 0 Å². The van der Waals surface area contributed by atoms with E-state index in [4.69, 9.17) is 0 Å². The van der Waals surface area contributed by atoms with Crippen molar-refractivity contribution in [2.45, 2.75) is 25.9 Å². The van der Waals surface area contributed by atoms with Gasteiger partial charge in [-0.25, -0.2) is 0 Å². The lowest BCUT2D eigenvalue weighted by molar-refractivity contribution is -0.122. The van der Waals surface area contributed by atoms with Crippen LogP contribution in [0.15, 0.2) is 47.2 Å². The second-order valence-corrected chi connectivity index (χ2v) is 5.29. The van der Waals surface area contributed by atoms with Crippen LogP contribution in [0, 0.1) is 0 Å². The minimum Gasteiger partial charge on any atom is -0.350 e. The number of nitrogens with zero attached hydrogens (tertiary/aromatic N) is 2. The minimum absolute atomic E-state index is 0.0260. The molecule has 1 N–H and O–H groups in total. The molecule has 5 heteroatoms. The van der Waals surface area contributed by atoms with Gasteiger partial charge in [-0.2, -0.15) is 5.10 Å². The smallest absolute Gasteiger partial charge is 0.222 e. The van der Waals surface area contributed by atoms with Crippen molar-refractivity contribution in [3.8, 4) is 0 Å². The molecule has 19 heavy (non-hydrogen) atoms. The van der Waals surface area contributed by atoms with E-state index >= 15 is 0 Å². The van der Waals surface area contributed by atoms with E-state index in [-0.39, 0.29) is 11.9 Å². The van der Waals surface area contributed by atoms with Crippen LogP contribution in [0.25, 0.3) is 0 Å². The summed E-state index contributed by atoms with van der Waals surface area (Å²) in [5, 5.41) is 7.10. The van der Waals surface area contributed by atoms with Crippen LogP contribution < -0.4 is 5.32 Å². The number of nitrogens with one attached hydrogen (secondary N) is 1. The van der Waals surface area contributed by atoms with Crippen molar-refractivity contribution >= 4 is 21.8 Å². The Bertz CT molecular complexity index is 539. The van der Waals surface area contributed by atoms with E-state index in [0.29, 0.717) is 13.0 Å². The maximum atomic E-state index is 11.8. The number of aryl methyl sites for hydroxylation is 1. The molecule has 100 valence electrons. The predicted molar refractivity (Wildman–Crippen MR) is 77.5 cm³/mol. The highest BCUT2D eigenvalue weighted by Gasteiger charge is 2.09. The molecular formula is C14H16BrN3O. The molecule has 0 aliphatic heterocycles. The third-order valence-electron chi connectivity index (χ3n) is 2.85. The van der Waals surface area contributed by atoms with Gasteiger partial charge in [-0.3, -0.25) is 9.48 Å². The van der Waals surface area contributed by atoms with E-state index in [1.165, 1.54) is 0 Å². The summed E-state index contributed by atoms with van der Waals surface area (Å²) in [5.74, 6) is 0.0305. The van der Waals surface area contributed by atoms with Crippen molar-refractivity contribution < 1.29 is 4.79 Å². The molecule has 0 unspecified atom stereocenters. The zero-order valence-electron chi connectivity index (χ0n) is 10.7. The molecule has 1 amide bonds. The van der Waals surface area contributed by atoms with Gasteiger partial charge in [0, 0.05) is 19.2 Å². The molecule has 2 rings (SSSR count). The summed E-state index contributed by atoms with van der Waals surface area (Å²) in [5.41, 5.74) is 1.11. The summed E-state index contributed by atoms with van der Waals surface area (Å²) >= 11 is 3.33. The van der Waals surface area contributed by atoms with Crippen molar-refractivity contribution in [1.29, 1.82) is 0 Å². The first kappa shape index (κ1) is 13.8. The molecule has 0 saturated heterocycles. The Morgan fingerprint density at radius 1 is 1.42 bits per heavy atom. The second-order valence-electron chi connectivity index (χ2n) is 4.37. The van der Waals surface area contributed by atoms with Crippen molar-refractivity contribution in [1.82, 2.24) is 15.1 Å². The van der Waals surface area contributed by atoms with Crippen LogP contribution >= 0.6 is 15.9 Å². The van der Waals surface area contributed by atoms with Gasteiger partial charge in [0.1, 0.15) is 0 Å². The zero-order chi connectivity index (χ0) is 13.7. The third kappa shape index (κ3) is 4.21. The van der Waals surface area contributed by atoms with Gasteiger partial charge in [-0.1, -0.05) is 30.3 Å². The van der Waals surface area contributed by atoms with Gasteiger partial charge in [0.2, 0.25) is 5.91 Å². The summed E-state index contributed by atoms with van der Waals surface area (Å²) in [6, 6.07) is 9.95. The van der Waals surface area contributed by atoms with E-state index < -0.39 is 0 Å². The quantitative estimate of drug-likeness (QED) is 0.920. The molecular weight excluding hydrogens is 306 g/mol. The summed E-state index contributed by atoms with van der Waals surface area (Å²) in [6.07, 6.45) is 3.99. The monoisotopic (exact) mass is 321 g/mol. The molecule has 0 bridgehead atoms.